The Morgan fingerprint density at radius 3 is 2.27 bits per heavy atom. The van der Waals surface area contributed by atoms with Gasteiger partial charge in [0.2, 0.25) is 11.8 Å². The molecule has 1 aliphatic carbocycles. The largest absolute Gasteiger partial charge is 0.444 e. The molecule has 164 valence electrons. The van der Waals surface area contributed by atoms with Gasteiger partial charge in [0.25, 0.3) is 0 Å². The van der Waals surface area contributed by atoms with E-state index in [-0.39, 0.29) is 29.9 Å². The van der Waals surface area contributed by atoms with Crippen LogP contribution in [0, 0.1) is 0 Å². The van der Waals surface area contributed by atoms with Crippen molar-refractivity contribution in [1.29, 1.82) is 0 Å². The lowest BCUT2D eigenvalue weighted by Gasteiger charge is -2.36. The van der Waals surface area contributed by atoms with Gasteiger partial charge in [-0.3, -0.25) is 14.9 Å². The molecule has 7 heteroatoms. The van der Waals surface area contributed by atoms with Crippen molar-refractivity contribution < 1.29 is 19.1 Å². The zero-order valence-electron chi connectivity index (χ0n) is 18.4. The number of anilines is 1. The second-order valence-electron chi connectivity index (χ2n) is 9.37. The van der Waals surface area contributed by atoms with Gasteiger partial charge in [-0.15, -0.1) is 0 Å². The predicted octanol–water partition coefficient (Wildman–Crippen LogP) is 3.80. The van der Waals surface area contributed by atoms with Crippen LogP contribution < -0.4 is 10.6 Å². The van der Waals surface area contributed by atoms with E-state index in [0.29, 0.717) is 18.9 Å². The average Bonchev–Trinajstić information content (AvgIpc) is 2.67. The summed E-state index contributed by atoms with van der Waals surface area (Å²) in [5.74, 6) is -0.655. The van der Waals surface area contributed by atoms with Gasteiger partial charge in [0, 0.05) is 31.2 Å². The van der Waals surface area contributed by atoms with Crippen molar-refractivity contribution in [2.24, 2.45) is 0 Å². The molecule has 3 amide bonds. The minimum Gasteiger partial charge on any atom is -0.444 e. The van der Waals surface area contributed by atoms with Crippen LogP contribution in [0.3, 0.4) is 0 Å². The van der Waals surface area contributed by atoms with E-state index in [4.69, 9.17) is 4.74 Å². The lowest BCUT2D eigenvalue weighted by atomic mass is 9.89. The van der Waals surface area contributed by atoms with Gasteiger partial charge in [0.1, 0.15) is 5.60 Å². The minimum absolute atomic E-state index is 0.192. The Kier molecular flexibility index (Phi) is 6.68. The molecule has 0 radical (unpaired) electrons. The zero-order chi connectivity index (χ0) is 21.9. The van der Waals surface area contributed by atoms with Crippen LogP contribution in [0.5, 0.6) is 0 Å². The third-order valence-corrected chi connectivity index (χ3v) is 5.85. The summed E-state index contributed by atoms with van der Waals surface area (Å²) in [6.45, 7) is 5.64. The van der Waals surface area contributed by atoms with Crippen molar-refractivity contribution >= 4 is 23.6 Å². The molecule has 3 rings (SSSR count). The number of rotatable bonds is 4. The number of carbonyl (C=O) groups is 3. The van der Waals surface area contributed by atoms with Gasteiger partial charge in [-0.25, -0.2) is 4.79 Å². The van der Waals surface area contributed by atoms with Crippen LogP contribution in [-0.4, -0.2) is 47.5 Å². The van der Waals surface area contributed by atoms with E-state index < -0.39 is 5.60 Å². The molecule has 7 nitrogen and oxygen atoms in total. The summed E-state index contributed by atoms with van der Waals surface area (Å²) in [6.07, 6.45) is 4.51. The number of amides is 3. The van der Waals surface area contributed by atoms with Crippen LogP contribution in [0.25, 0.3) is 0 Å². The first kappa shape index (κ1) is 22.1. The molecule has 0 bridgehead atoms. The van der Waals surface area contributed by atoms with E-state index in [0.717, 1.165) is 36.9 Å². The molecule has 1 aromatic rings. The van der Waals surface area contributed by atoms with Crippen molar-refractivity contribution in [1.82, 2.24) is 10.2 Å². The maximum atomic E-state index is 12.3. The molecule has 1 aromatic carbocycles. The summed E-state index contributed by atoms with van der Waals surface area (Å²) in [4.78, 5) is 37.4. The van der Waals surface area contributed by atoms with Gasteiger partial charge < -0.3 is 15.0 Å². The standard InChI is InChI=1S/C23H33N3O4/c1-23(2,3)30-22(29)26(4)18-11-9-17(10-12-18)24-16-7-5-15(6-8-16)19-13-14-20(27)25-21(19)28/h5-8,17-19,24H,9-14H2,1-4H3,(H,25,27,28). The number of nitrogens with one attached hydrogen (secondary N) is 2. The third-order valence-electron chi connectivity index (χ3n) is 5.85. The number of ether oxygens (including phenoxy) is 1. The van der Waals surface area contributed by atoms with Gasteiger partial charge in [0.15, 0.2) is 0 Å². The summed E-state index contributed by atoms with van der Waals surface area (Å²) in [5.41, 5.74) is 1.48. The molecule has 1 atom stereocenters. The normalized spacial score (nSPS) is 24.7. The number of piperidine rings is 1. The van der Waals surface area contributed by atoms with Crippen molar-refractivity contribution in [2.45, 2.75) is 82.9 Å². The van der Waals surface area contributed by atoms with E-state index in [2.05, 4.69) is 10.6 Å². The van der Waals surface area contributed by atoms with E-state index in [9.17, 15) is 14.4 Å². The lowest BCUT2D eigenvalue weighted by molar-refractivity contribution is -0.134. The Labute approximate surface area is 178 Å². The molecule has 30 heavy (non-hydrogen) atoms. The first-order valence-corrected chi connectivity index (χ1v) is 10.8. The molecule has 2 N–H and O–H groups in total. The van der Waals surface area contributed by atoms with E-state index in [1.807, 2.05) is 52.1 Å². The Bertz CT molecular complexity index is 777. The quantitative estimate of drug-likeness (QED) is 0.731. The molecule has 1 saturated carbocycles. The van der Waals surface area contributed by atoms with Crippen LogP contribution in [0.2, 0.25) is 0 Å². The third kappa shape index (κ3) is 5.74. The molecule has 0 spiro atoms. The van der Waals surface area contributed by atoms with Gasteiger partial charge in [0.05, 0.1) is 5.92 Å². The van der Waals surface area contributed by atoms with Crippen LogP contribution in [0.1, 0.15) is 70.8 Å². The summed E-state index contributed by atoms with van der Waals surface area (Å²) in [7, 11) is 1.82. The zero-order valence-corrected chi connectivity index (χ0v) is 18.4. The number of imide groups is 1. The maximum Gasteiger partial charge on any atom is 0.410 e. The van der Waals surface area contributed by atoms with Crippen LogP contribution in [0.4, 0.5) is 10.5 Å². The fourth-order valence-electron chi connectivity index (χ4n) is 4.15. The average molecular weight is 416 g/mol. The van der Waals surface area contributed by atoms with E-state index in [1.165, 1.54) is 0 Å². The van der Waals surface area contributed by atoms with Crippen molar-refractivity contribution in [2.75, 3.05) is 12.4 Å². The molecule has 1 saturated heterocycles. The molecule has 1 aliphatic heterocycles. The molecular formula is C23H33N3O4. The molecule has 1 unspecified atom stereocenters. The lowest BCUT2D eigenvalue weighted by Crippen LogP contribution is -2.43. The molecular weight excluding hydrogens is 382 g/mol. The molecule has 2 fully saturated rings. The van der Waals surface area contributed by atoms with Crippen LogP contribution >= 0.6 is 0 Å². The minimum atomic E-state index is -0.482. The number of benzene rings is 1. The molecule has 0 aromatic heterocycles. The van der Waals surface area contributed by atoms with Crippen molar-refractivity contribution in [3.8, 4) is 0 Å². The number of hydrogen-bond donors (Lipinski definition) is 2. The fourth-order valence-corrected chi connectivity index (χ4v) is 4.15. The number of hydrogen-bond acceptors (Lipinski definition) is 5. The van der Waals surface area contributed by atoms with Crippen LogP contribution in [0.15, 0.2) is 24.3 Å². The maximum absolute atomic E-state index is 12.3. The highest BCUT2D eigenvalue weighted by Crippen LogP contribution is 2.28. The summed E-state index contributed by atoms with van der Waals surface area (Å²) in [5, 5.41) is 5.98. The molecule has 1 heterocycles. The SMILES string of the molecule is CN(C(=O)OC(C)(C)C)C1CCC(Nc2ccc(C3CCC(=O)NC3=O)cc2)CC1. The Morgan fingerprint density at radius 2 is 1.70 bits per heavy atom. The highest BCUT2D eigenvalue weighted by molar-refractivity contribution is 6.00. The summed E-state index contributed by atoms with van der Waals surface area (Å²) < 4.78 is 5.47. The monoisotopic (exact) mass is 415 g/mol. The van der Waals surface area contributed by atoms with E-state index in [1.54, 1.807) is 4.90 Å². The Hall–Kier alpha value is -2.57. The first-order valence-electron chi connectivity index (χ1n) is 10.8. The second-order valence-corrected chi connectivity index (χ2v) is 9.37. The van der Waals surface area contributed by atoms with Crippen molar-refractivity contribution in [3.63, 3.8) is 0 Å². The van der Waals surface area contributed by atoms with Crippen LogP contribution in [-0.2, 0) is 14.3 Å². The second kappa shape index (κ2) is 9.06. The van der Waals surface area contributed by atoms with Crippen molar-refractivity contribution in [3.05, 3.63) is 29.8 Å². The fraction of sp³-hybridized carbons (Fsp3) is 0.609. The predicted molar refractivity (Wildman–Crippen MR) is 115 cm³/mol. The topological polar surface area (TPSA) is 87.7 Å². The van der Waals surface area contributed by atoms with E-state index >= 15 is 0 Å². The van der Waals surface area contributed by atoms with Gasteiger partial charge >= 0.3 is 6.09 Å². The molecule has 2 aliphatic rings. The Morgan fingerprint density at radius 1 is 1.07 bits per heavy atom. The Balaban J connectivity index is 1.49. The van der Waals surface area contributed by atoms with Gasteiger partial charge in [-0.05, 0) is 70.6 Å². The summed E-state index contributed by atoms with van der Waals surface area (Å²) in [6, 6.07) is 8.48. The highest BCUT2D eigenvalue weighted by Gasteiger charge is 2.30. The number of carbonyl (C=O) groups excluding carboxylic acids is 3. The van der Waals surface area contributed by atoms with Gasteiger partial charge in [-0.2, -0.15) is 0 Å². The van der Waals surface area contributed by atoms with Gasteiger partial charge in [-0.1, -0.05) is 12.1 Å². The first-order chi connectivity index (χ1) is 14.1. The highest BCUT2D eigenvalue weighted by atomic mass is 16.6. The summed E-state index contributed by atoms with van der Waals surface area (Å²) >= 11 is 0. The number of nitrogens with zero attached hydrogens (tertiary/aromatic N) is 1. The smallest absolute Gasteiger partial charge is 0.410 e.